The predicted octanol–water partition coefficient (Wildman–Crippen LogP) is 6.64. The average Bonchev–Trinajstić information content (AvgIpc) is 2.84. The van der Waals surface area contributed by atoms with Gasteiger partial charge in [0, 0.05) is 0 Å². The molecule has 0 aliphatic rings. The molecule has 0 spiro atoms. The van der Waals surface area contributed by atoms with Gasteiger partial charge in [0.25, 0.3) is 0 Å². The lowest BCUT2D eigenvalue weighted by Gasteiger charge is -2.30. The van der Waals surface area contributed by atoms with E-state index in [9.17, 15) is 0 Å². The Labute approximate surface area is 203 Å². The fraction of sp³-hybridized carbons (Fsp3) is 0.310. The first kappa shape index (κ1) is 25.3. The molecule has 0 bridgehead atoms. The number of allylic oxidation sites excluding steroid dienone is 1. The summed E-state index contributed by atoms with van der Waals surface area (Å²) >= 11 is 4.90. The minimum Gasteiger partial charge on any atom is -0.376 e. The molecular weight excluding hydrogens is 428 g/mol. The summed E-state index contributed by atoms with van der Waals surface area (Å²) < 4.78 is 18.8. The average molecular weight is 463 g/mol. The van der Waals surface area contributed by atoms with Crippen molar-refractivity contribution in [3.8, 4) is 0 Å². The van der Waals surface area contributed by atoms with Crippen LogP contribution >= 0.6 is 12.6 Å². The van der Waals surface area contributed by atoms with Gasteiger partial charge in [0.2, 0.25) is 0 Å². The number of benzene rings is 3. The lowest BCUT2D eigenvalue weighted by Crippen LogP contribution is -2.40. The monoisotopic (exact) mass is 462 g/mol. The minimum atomic E-state index is -0.275. The Kier molecular flexibility index (Phi) is 10.7. The molecule has 174 valence electrons. The van der Waals surface area contributed by atoms with Crippen LogP contribution in [0.5, 0.6) is 0 Å². The molecule has 3 nitrogen and oxygen atoms in total. The molecule has 0 saturated carbocycles. The molecular formula is C29H34O3S. The van der Waals surface area contributed by atoms with Crippen LogP contribution in [-0.4, -0.2) is 24.1 Å². The molecule has 4 heteroatoms. The minimum absolute atomic E-state index is 0.159. The summed E-state index contributed by atoms with van der Waals surface area (Å²) in [5, 5.41) is -0.159. The molecule has 0 aliphatic heterocycles. The van der Waals surface area contributed by atoms with Gasteiger partial charge >= 0.3 is 0 Å². The molecule has 0 saturated heterocycles. The smallest absolute Gasteiger partial charge is 0.104 e. The van der Waals surface area contributed by atoms with Gasteiger partial charge in [-0.25, -0.2) is 0 Å². The highest BCUT2D eigenvalue weighted by Crippen LogP contribution is 2.21. The lowest BCUT2D eigenvalue weighted by molar-refractivity contribution is -0.0735. The Morgan fingerprint density at radius 3 is 1.64 bits per heavy atom. The number of ether oxygens (including phenoxy) is 3. The number of rotatable bonds is 13. The van der Waals surface area contributed by atoms with Crippen molar-refractivity contribution in [1.82, 2.24) is 0 Å². The fourth-order valence-electron chi connectivity index (χ4n) is 3.49. The predicted molar refractivity (Wildman–Crippen MR) is 138 cm³/mol. The SMILES string of the molecule is CC(C)=CC(OCc1ccccc1)C(OCc1ccccc1)C(S)COCc1ccccc1. The Balaban J connectivity index is 1.70. The van der Waals surface area contributed by atoms with Crippen LogP contribution in [0, 0.1) is 0 Å². The van der Waals surface area contributed by atoms with E-state index in [1.54, 1.807) is 0 Å². The van der Waals surface area contributed by atoms with Gasteiger partial charge in [-0.3, -0.25) is 0 Å². The third-order valence-corrected chi connectivity index (χ3v) is 5.61. The van der Waals surface area contributed by atoms with Gasteiger partial charge in [-0.1, -0.05) is 103 Å². The van der Waals surface area contributed by atoms with Crippen LogP contribution in [0.15, 0.2) is 103 Å². The van der Waals surface area contributed by atoms with Crippen molar-refractivity contribution in [2.24, 2.45) is 0 Å². The van der Waals surface area contributed by atoms with E-state index in [2.05, 4.69) is 56.3 Å². The summed E-state index contributed by atoms with van der Waals surface area (Å²) in [6.45, 7) is 6.15. The Bertz CT molecular complexity index is 940. The van der Waals surface area contributed by atoms with Gasteiger partial charge < -0.3 is 14.2 Å². The topological polar surface area (TPSA) is 27.7 Å². The van der Waals surface area contributed by atoms with E-state index in [1.165, 1.54) is 5.57 Å². The molecule has 0 fully saturated rings. The molecule has 0 amide bonds. The fourth-order valence-corrected chi connectivity index (χ4v) is 3.85. The van der Waals surface area contributed by atoms with Gasteiger partial charge in [-0.15, -0.1) is 0 Å². The second-order valence-corrected chi connectivity index (χ2v) is 9.00. The third kappa shape index (κ3) is 9.18. The summed E-state index contributed by atoms with van der Waals surface area (Å²) in [6, 6.07) is 30.6. The molecule has 0 radical (unpaired) electrons. The van der Waals surface area contributed by atoms with Crippen molar-refractivity contribution >= 4 is 12.6 Å². The number of thiol groups is 1. The number of hydrogen-bond acceptors (Lipinski definition) is 4. The van der Waals surface area contributed by atoms with E-state index >= 15 is 0 Å². The van der Waals surface area contributed by atoms with Gasteiger partial charge in [0.1, 0.15) is 12.2 Å². The zero-order chi connectivity index (χ0) is 23.3. The Morgan fingerprint density at radius 2 is 1.15 bits per heavy atom. The van der Waals surface area contributed by atoms with E-state index in [0.29, 0.717) is 26.4 Å². The highest BCUT2D eigenvalue weighted by molar-refractivity contribution is 7.81. The second-order valence-electron chi connectivity index (χ2n) is 8.33. The number of hydrogen-bond donors (Lipinski definition) is 1. The van der Waals surface area contributed by atoms with E-state index in [-0.39, 0.29) is 17.5 Å². The van der Waals surface area contributed by atoms with Crippen molar-refractivity contribution in [3.63, 3.8) is 0 Å². The second kappa shape index (κ2) is 14.0. The van der Waals surface area contributed by atoms with E-state index in [0.717, 1.165) is 16.7 Å². The van der Waals surface area contributed by atoms with Crippen molar-refractivity contribution < 1.29 is 14.2 Å². The van der Waals surface area contributed by atoms with Gasteiger partial charge in [-0.2, -0.15) is 12.6 Å². The van der Waals surface area contributed by atoms with E-state index in [1.807, 2.05) is 54.6 Å². The summed E-state index contributed by atoms with van der Waals surface area (Å²) in [5.41, 5.74) is 4.56. The van der Waals surface area contributed by atoms with Gasteiger partial charge in [0.05, 0.1) is 31.7 Å². The zero-order valence-corrected chi connectivity index (χ0v) is 20.4. The van der Waals surface area contributed by atoms with Gasteiger partial charge in [0.15, 0.2) is 0 Å². The molecule has 3 aromatic carbocycles. The van der Waals surface area contributed by atoms with Crippen molar-refractivity contribution in [1.29, 1.82) is 0 Å². The van der Waals surface area contributed by atoms with Crippen LogP contribution < -0.4 is 0 Å². The molecule has 33 heavy (non-hydrogen) atoms. The molecule has 0 N–H and O–H groups in total. The largest absolute Gasteiger partial charge is 0.376 e. The van der Waals surface area contributed by atoms with E-state index < -0.39 is 0 Å². The van der Waals surface area contributed by atoms with Gasteiger partial charge in [-0.05, 0) is 30.5 Å². The molecule has 0 aliphatic carbocycles. The van der Waals surface area contributed by atoms with Crippen molar-refractivity contribution in [2.75, 3.05) is 6.61 Å². The van der Waals surface area contributed by atoms with Crippen molar-refractivity contribution in [3.05, 3.63) is 119 Å². The Hall–Kier alpha value is -2.37. The lowest BCUT2D eigenvalue weighted by atomic mass is 10.1. The molecule has 3 aromatic rings. The first-order valence-corrected chi connectivity index (χ1v) is 11.9. The van der Waals surface area contributed by atoms with Crippen molar-refractivity contribution in [2.45, 2.75) is 51.1 Å². The van der Waals surface area contributed by atoms with Crippen LogP contribution in [0.4, 0.5) is 0 Å². The standard InChI is InChI=1S/C29H34O3S/c1-23(2)18-27(31-20-25-14-8-4-9-15-25)29(32-21-26-16-10-5-11-17-26)28(33)22-30-19-24-12-6-3-7-13-24/h3-18,27-29,33H,19-22H2,1-2H3. The maximum absolute atomic E-state index is 6.42. The van der Waals surface area contributed by atoms with Crippen LogP contribution in [0.1, 0.15) is 30.5 Å². The maximum atomic E-state index is 6.42. The maximum Gasteiger partial charge on any atom is 0.104 e. The quantitative estimate of drug-likeness (QED) is 0.228. The zero-order valence-electron chi connectivity index (χ0n) is 19.5. The van der Waals surface area contributed by atoms with Crippen LogP contribution in [0.3, 0.4) is 0 Å². The summed E-state index contributed by atoms with van der Waals surface area (Å²) in [5.74, 6) is 0. The first-order valence-electron chi connectivity index (χ1n) is 11.4. The molecule has 3 rings (SSSR count). The first-order chi connectivity index (χ1) is 16.1. The van der Waals surface area contributed by atoms with Crippen LogP contribution in [0.2, 0.25) is 0 Å². The summed E-state index contributed by atoms with van der Waals surface area (Å²) in [6.07, 6.45) is 1.60. The Morgan fingerprint density at radius 1 is 0.697 bits per heavy atom. The van der Waals surface area contributed by atoms with Crippen LogP contribution in [0.25, 0.3) is 0 Å². The third-order valence-electron chi connectivity index (χ3n) is 5.17. The normalized spacial score (nSPS) is 13.8. The molecule has 0 aromatic heterocycles. The highest BCUT2D eigenvalue weighted by Gasteiger charge is 2.28. The van der Waals surface area contributed by atoms with Crippen LogP contribution in [-0.2, 0) is 34.0 Å². The van der Waals surface area contributed by atoms with E-state index in [4.69, 9.17) is 26.8 Å². The highest BCUT2D eigenvalue weighted by atomic mass is 32.1. The summed E-state index contributed by atoms with van der Waals surface area (Å²) in [7, 11) is 0. The summed E-state index contributed by atoms with van der Waals surface area (Å²) in [4.78, 5) is 0. The molecule has 3 atom stereocenters. The molecule has 3 unspecified atom stereocenters. The molecule has 0 heterocycles.